The van der Waals surface area contributed by atoms with Gasteiger partial charge in [-0.3, -0.25) is 4.79 Å². The average molecular weight is 379 g/mol. The van der Waals surface area contributed by atoms with Gasteiger partial charge in [-0.25, -0.2) is 13.1 Å². The molecule has 5 nitrogen and oxygen atoms in total. The van der Waals surface area contributed by atoms with Crippen molar-refractivity contribution in [1.82, 2.24) is 10.0 Å². The molecule has 118 valence electrons. The summed E-state index contributed by atoms with van der Waals surface area (Å²) in [7, 11) is -2.12. The second-order valence-corrected chi connectivity index (χ2v) is 8.36. The van der Waals surface area contributed by atoms with E-state index < -0.39 is 10.0 Å². The molecule has 0 aliphatic heterocycles. The van der Waals surface area contributed by atoms with Gasteiger partial charge >= 0.3 is 0 Å². The van der Waals surface area contributed by atoms with Crippen molar-refractivity contribution in [3.63, 3.8) is 0 Å². The number of sulfonamides is 1. The molecular formula is C13H12Cl2N2O3S2. The number of amides is 1. The van der Waals surface area contributed by atoms with Crippen LogP contribution in [0.4, 0.5) is 0 Å². The molecule has 0 aliphatic rings. The van der Waals surface area contributed by atoms with Gasteiger partial charge in [0.1, 0.15) is 4.21 Å². The van der Waals surface area contributed by atoms with Gasteiger partial charge in [-0.2, -0.15) is 0 Å². The molecule has 1 aromatic carbocycles. The van der Waals surface area contributed by atoms with E-state index in [-0.39, 0.29) is 22.2 Å². The lowest BCUT2D eigenvalue weighted by atomic mass is 10.2. The summed E-state index contributed by atoms with van der Waals surface area (Å²) in [6, 6.07) is 7.75. The third-order valence-electron chi connectivity index (χ3n) is 2.77. The highest BCUT2D eigenvalue weighted by atomic mass is 35.5. The highest BCUT2D eigenvalue weighted by Gasteiger charge is 2.15. The van der Waals surface area contributed by atoms with Crippen molar-refractivity contribution in [2.24, 2.45) is 0 Å². The molecule has 0 saturated carbocycles. The molecule has 0 unspecified atom stereocenters. The first-order valence-electron chi connectivity index (χ1n) is 6.09. The molecule has 0 atom stereocenters. The molecular weight excluding hydrogens is 367 g/mol. The minimum Gasteiger partial charge on any atom is -0.347 e. The molecule has 0 bridgehead atoms. The first-order valence-corrected chi connectivity index (χ1v) is 9.14. The summed E-state index contributed by atoms with van der Waals surface area (Å²) >= 11 is 12.9. The number of benzene rings is 1. The van der Waals surface area contributed by atoms with Crippen LogP contribution >= 0.6 is 34.5 Å². The Labute approximate surface area is 142 Å². The number of thiophene rings is 1. The molecule has 2 rings (SSSR count). The second-order valence-electron chi connectivity index (χ2n) is 4.24. The fourth-order valence-electron chi connectivity index (χ4n) is 1.63. The van der Waals surface area contributed by atoms with E-state index in [9.17, 15) is 13.2 Å². The molecule has 0 aliphatic carbocycles. The van der Waals surface area contributed by atoms with E-state index in [1.165, 1.54) is 19.2 Å². The molecule has 9 heteroatoms. The molecule has 0 spiro atoms. The van der Waals surface area contributed by atoms with Crippen LogP contribution in [0.3, 0.4) is 0 Å². The van der Waals surface area contributed by atoms with Gasteiger partial charge in [-0.15, -0.1) is 11.3 Å². The van der Waals surface area contributed by atoms with Crippen LogP contribution in [0.5, 0.6) is 0 Å². The number of nitrogens with one attached hydrogen (secondary N) is 2. The maximum atomic E-state index is 12.1. The van der Waals surface area contributed by atoms with Crippen LogP contribution in [0.1, 0.15) is 15.2 Å². The van der Waals surface area contributed by atoms with Gasteiger partial charge in [0.15, 0.2) is 0 Å². The van der Waals surface area contributed by atoms with Crippen LogP contribution < -0.4 is 10.0 Å². The summed E-state index contributed by atoms with van der Waals surface area (Å²) in [5.74, 6) is -0.376. The van der Waals surface area contributed by atoms with E-state index >= 15 is 0 Å². The topological polar surface area (TPSA) is 75.3 Å². The quantitative estimate of drug-likeness (QED) is 0.839. The Balaban J connectivity index is 2.07. The smallest absolute Gasteiger partial charge is 0.253 e. The van der Waals surface area contributed by atoms with Gasteiger partial charge < -0.3 is 5.32 Å². The van der Waals surface area contributed by atoms with Gasteiger partial charge in [-0.1, -0.05) is 23.2 Å². The highest BCUT2D eigenvalue weighted by molar-refractivity contribution is 7.91. The molecule has 22 heavy (non-hydrogen) atoms. The fourth-order valence-corrected chi connectivity index (χ4v) is 4.14. The Hall–Kier alpha value is -1.12. The molecule has 1 aromatic heterocycles. The number of hydrogen-bond acceptors (Lipinski definition) is 4. The minimum atomic E-state index is -3.46. The number of carbonyl (C=O) groups is 1. The van der Waals surface area contributed by atoms with E-state index in [4.69, 9.17) is 23.2 Å². The number of carbonyl (C=O) groups excluding carboxylic acids is 1. The molecule has 2 N–H and O–H groups in total. The van der Waals surface area contributed by atoms with Gasteiger partial charge in [0.25, 0.3) is 5.91 Å². The summed E-state index contributed by atoms with van der Waals surface area (Å²) in [6.45, 7) is 0.200. The predicted molar refractivity (Wildman–Crippen MR) is 88.2 cm³/mol. The summed E-state index contributed by atoms with van der Waals surface area (Å²) in [5, 5.41) is 3.39. The largest absolute Gasteiger partial charge is 0.347 e. The highest BCUT2D eigenvalue weighted by Crippen LogP contribution is 2.22. The Morgan fingerprint density at radius 1 is 1.23 bits per heavy atom. The monoisotopic (exact) mass is 378 g/mol. The molecule has 0 saturated heterocycles. The van der Waals surface area contributed by atoms with Crippen molar-refractivity contribution in [1.29, 1.82) is 0 Å². The lowest BCUT2D eigenvalue weighted by Gasteiger charge is -2.06. The summed E-state index contributed by atoms with van der Waals surface area (Å²) < 4.78 is 25.7. The predicted octanol–water partition coefficient (Wildman–Crippen LogP) is 2.89. The van der Waals surface area contributed by atoms with E-state index in [0.717, 1.165) is 11.3 Å². The summed E-state index contributed by atoms with van der Waals surface area (Å²) in [5.41, 5.74) is 0.272. The maximum absolute atomic E-state index is 12.1. The fraction of sp³-hybridized carbons (Fsp3) is 0.154. The first kappa shape index (κ1) is 17.2. The number of hydrogen-bond donors (Lipinski definition) is 2. The van der Waals surface area contributed by atoms with Crippen molar-refractivity contribution in [2.45, 2.75) is 10.8 Å². The Morgan fingerprint density at radius 2 is 1.95 bits per heavy atom. The van der Waals surface area contributed by atoms with Crippen LogP contribution in [-0.4, -0.2) is 21.4 Å². The van der Waals surface area contributed by atoms with Gasteiger partial charge in [0, 0.05) is 9.90 Å². The standard InChI is InChI=1S/C13H12Cl2N2O3S2/c1-16-22(19,20)12-5-3-9(21-12)7-17-13(18)10-6-8(14)2-4-11(10)15/h2-6,16H,7H2,1H3,(H,17,18). The number of rotatable bonds is 5. The van der Waals surface area contributed by atoms with Gasteiger partial charge in [-0.05, 0) is 37.4 Å². The molecule has 1 heterocycles. The Bertz CT molecular complexity index is 803. The molecule has 0 radical (unpaired) electrons. The molecule has 1 amide bonds. The Kier molecular flexibility index (Phi) is 5.46. The summed E-state index contributed by atoms with van der Waals surface area (Å²) in [4.78, 5) is 12.8. The van der Waals surface area contributed by atoms with Crippen molar-refractivity contribution < 1.29 is 13.2 Å². The third kappa shape index (κ3) is 3.99. The third-order valence-corrected chi connectivity index (χ3v) is 6.32. The van der Waals surface area contributed by atoms with Crippen molar-refractivity contribution in [3.8, 4) is 0 Å². The van der Waals surface area contributed by atoms with E-state index in [1.807, 2.05) is 0 Å². The number of halogens is 2. The molecule has 2 aromatic rings. The van der Waals surface area contributed by atoms with Crippen LogP contribution in [0, 0.1) is 0 Å². The lowest BCUT2D eigenvalue weighted by Crippen LogP contribution is -2.22. The van der Waals surface area contributed by atoms with Crippen molar-refractivity contribution >= 4 is 50.5 Å². The zero-order chi connectivity index (χ0) is 16.3. The van der Waals surface area contributed by atoms with Gasteiger partial charge in [0.05, 0.1) is 17.1 Å². The Morgan fingerprint density at radius 3 is 2.64 bits per heavy atom. The minimum absolute atomic E-state index is 0.194. The lowest BCUT2D eigenvalue weighted by molar-refractivity contribution is 0.0951. The normalized spacial score (nSPS) is 11.4. The zero-order valence-electron chi connectivity index (χ0n) is 11.4. The zero-order valence-corrected chi connectivity index (χ0v) is 14.5. The SMILES string of the molecule is CNS(=O)(=O)c1ccc(CNC(=O)c2cc(Cl)ccc2Cl)s1. The maximum Gasteiger partial charge on any atom is 0.253 e. The van der Waals surface area contributed by atoms with Crippen LogP contribution in [0.25, 0.3) is 0 Å². The van der Waals surface area contributed by atoms with Crippen LogP contribution in [0.15, 0.2) is 34.5 Å². The first-order chi connectivity index (χ1) is 10.3. The van der Waals surface area contributed by atoms with Crippen LogP contribution in [0.2, 0.25) is 10.0 Å². The van der Waals surface area contributed by atoms with Crippen molar-refractivity contribution in [3.05, 3.63) is 50.8 Å². The molecule has 0 fully saturated rings. The second kappa shape index (κ2) is 6.97. The van der Waals surface area contributed by atoms with Crippen LogP contribution in [-0.2, 0) is 16.6 Å². The van der Waals surface area contributed by atoms with Gasteiger partial charge in [0.2, 0.25) is 10.0 Å². The summed E-state index contributed by atoms with van der Waals surface area (Å²) in [6.07, 6.45) is 0. The van der Waals surface area contributed by atoms with E-state index in [1.54, 1.807) is 18.2 Å². The van der Waals surface area contributed by atoms with E-state index in [2.05, 4.69) is 10.0 Å². The average Bonchev–Trinajstić information content (AvgIpc) is 2.97. The van der Waals surface area contributed by atoms with E-state index in [0.29, 0.717) is 14.9 Å². The van der Waals surface area contributed by atoms with Crippen molar-refractivity contribution in [2.75, 3.05) is 7.05 Å².